The summed E-state index contributed by atoms with van der Waals surface area (Å²) in [5.41, 5.74) is 1.80. The van der Waals surface area contributed by atoms with Gasteiger partial charge in [-0.3, -0.25) is 4.68 Å². The molecule has 2 aliphatic rings. The molecule has 2 saturated heterocycles. The highest BCUT2D eigenvalue weighted by Crippen LogP contribution is 2.41. The molecule has 0 radical (unpaired) electrons. The molecule has 0 aliphatic carbocycles. The maximum atomic E-state index is 10.5. The topological polar surface area (TPSA) is 47.3 Å². The Morgan fingerprint density at radius 3 is 2.89 bits per heavy atom. The number of aromatic nitrogens is 2. The average molecular weight is 285 g/mol. The fraction of sp³-hybridized carbons (Fsp3) is 0.786. The Labute approximate surface area is 118 Å². The Hall–Kier alpha value is -0.580. The highest BCUT2D eigenvalue weighted by atomic mass is 35.5. The molecule has 2 fully saturated rings. The third-order valence-electron chi connectivity index (χ3n) is 4.50. The van der Waals surface area contributed by atoms with Gasteiger partial charge in [-0.15, -0.1) is 0 Å². The largest absolute Gasteiger partial charge is 0.392 e. The van der Waals surface area contributed by atoms with Crippen LogP contribution in [0.5, 0.6) is 0 Å². The van der Waals surface area contributed by atoms with E-state index in [4.69, 9.17) is 16.3 Å². The molecule has 5 heteroatoms. The van der Waals surface area contributed by atoms with Crippen LogP contribution in [-0.2, 0) is 17.7 Å². The molecule has 0 saturated carbocycles. The summed E-state index contributed by atoms with van der Waals surface area (Å²) in [5.74, 6) is 0.260. The third-order valence-corrected chi connectivity index (χ3v) is 4.99. The minimum Gasteiger partial charge on any atom is -0.392 e. The van der Waals surface area contributed by atoms with Crippen LogP contribution in [0.15, 0.2) is 0 Å². The van der Waals surface area contributed by atoms with Gasteiger partial charge in [0.05, 0.1) is 34.7 Å². The van der Waals surface area contributed by atoms with Gasteiger partial charge in [0.2, 0.25) is 0 Å². The number of aliphatic hydroxyl groups excluding tert-OH is 1. The molecule has 106 valence electrons. The molecular formula is C14H21ClN2O2. The van der Waals surface area contributed by atoms with Crippen molar-refractivity contribution in [2.45, 2.75) is 64.4 Å². The van der Waals surface area contributed by atoms with E-state index in [9.17, 15) is 5.11 Å². The third kappa shape index (κ3) is 2.30. The van der Waals surface area contributed by atoms with Crippen molar-refractivity contribution in [1.29, 1.82) is 0 Å². The van der Waals surface area contributed by atoms with Gasteiger partial charge in [-0.25, -0.2) is 0 Å². The van der Waals surface area contributed by atoms with Gasteiger partial charge in [0.1, 0.15) is 0 Å². The van der Waals surface area contributed by atoms with Gasteiger partial charge in [-0.2, -0.15) is 5.10 Å². The zero-order valence-electron chi connectivity index (χ0n) is 11.5. The molecule has 3 heterocycles. The normalized spacial score (nSPS) is 31.1. The number of fused-ring (bicyclic) bond motifs is 2. The van der Waals surface area contributed by atoms with Gasteiger partial charge in [0.15, 0.2) is 0 Å². The molecule has 1 aromatic heterocycles. The fourth-order valence-corrected chi connectivity index (χ4v) is 3.71. The van der Waals surface area contributed by atoms with Crippen LogP contribution in [0, 0.1) is 12.8 Å². The zero-order chi connectivity index (χ0) is 13.6. The predicted octanol–water partition coefficient (Wildman–Crippen LogP) is 2.34. The van der Waals surface area contributed by atoms with Crippen LogP contribution < -0.4 is 0 Å². The van der Waals surface area contributed by atoms with Crippen LogP contribution in [0.2, 0.25) is 5.02 Å². The first-order valence-electron chi connectivity index (χ1n) is 7.15. The Morgan fingerprint density at radius 2 is 2.32 bits per heavy atom. The van der Waals surface area contributed by atoms with Crippen LogP contribution in [0.3, 0.4) is 0 Å². The predicted molar refractivity (Wildman–Crippen MR) is 73.4 cm³/mol. The molecule has 3 rings (SSSR count). The van der Waals surface area contributed by atoms with Crippen molar-refractivity contribution in [2.75, 3.05) is 0 Å². The van der Waals surface area contributed by atoms with E-state index in [-0.39, 0.29) is 18.1 Å². The SMILES string of the molecule is CCn1nc(C)c(Cl)c1CC(O)C1CC2CCC1O2. The van der Waals surface area contributed by atoms with E-state index < -0.39 is 0 Å². The molecule has 19 heavy (non-hydrogen) atoms. The number of hydrogen-bond donors (Lipinski definition) is 1. The highest BCUT2D eigenvalue weighted by Gasteiger charge is 2.44. The summed E-state index contributed by atoms with van der Waals surface area (Å²) in [6.45, 7) is 4.73. The molecule has 2 bridgehead atoms. The van der Waals surface area contributed by atoms with Crippen molar-refractivity contribution >= 4 is 11.6 Å². The summed E-state index contributed by atoms with van der Waals surface area (Å²) in [4.78, 5) is 0. The first-order valence-corrected chi connectivity index (χ1v) is 7.53. The standard InChI is InChI=1S/C14H21ClN2O2/c1-3-17-11(14(15)8(2)16-17)7-12(18)10-6-9-4-5-13(10)19-9/h9-10,12-13,18H,3-7H2,1-2H3. The van der Waals surface area contributed by atoms with Crippen molar-refractivity contribution in [3.63, 3.8) is 0 Å². The van der Waals surface area contributed by atoms with E-state index in [1.807, 2.05) is 18.5 Å². The van der Waals surface area contributed by atoms with Crippen molar-refractivity contribution in [1.82, 2.24) is 9.78 Å². The number of halogens is 1. The summed E-state index contributed by atoms with van der Waals surface area (Å²) in [7, 11) is 0. The number of hydrogen-bond acceptors (Lipinski definition) is 3. The molecule has 0 aromatic carbocycles. The van der Waals surface area contributed by atoms with Gasteiger partial charge in [-0.05, 0) is 33.1 Å². The molecule has 2 aliphatic heterocycles. The lowest BCUT2D eigenvalue weighted by Gasteiger charge is -2.24. The van der Waals surface area contributed by atoms with Crippen molar-refractivity contribution < 1.29 is 9.84 Å². The lowest BCUT2D eigenvalue weighted by Crippen LogP contribution is -2.31. The smallest absolute Gasteiger partial charge is 0.0848 e. The average Bonchev–Trinajstić information content (AvgIpc) is 3.08. The molecule has 4 nitrogen and oxygen atoms in total. The number of rotatable bonds is 4. The Kier molecular flexibility index (Phi) is 3.58. The van der Waals surface area contributed by atoms with Crippen LogP contribution in [0.25, 0.3) is 0 Å². The number of aryl methyl sites for hydroxylation is 2. The second-order valence-electron chi connectivity index (χ2n) is 5.71. The van der Waals surface area contributed by atoms with E-state index in [1.54, 1.807) is 0 Å². The lowest BCUT2D eigenvalue weighted by molar-refractivity contribution is 0.0423. The van der Waals surface area contributed by atoms with Gasteiger partial charge >= 0.3 is 0 Å². The summed E-state index contributed by atoms with van der Waals surface area (Å²) < 4.78 is 7.72. The number of ether oxygens (including phenoxy) is 1. The second kappa shape index (κ2) is 5.08. The van der Waals surface area contributed by atoms with E-state index >= 15 is 0 Å². The van der Waals surface area contributed by atoms with Gasteiger partial charge in [0.25, 0.3) is 0 Å². The first-order chi connectivity index (χ1) is 9.10. The second-order valence-corrected chi connectivity index (χ2v) is 6.08. The Bertz CT molecular complexity index is 474. The Morgan fingerprint density at radius 1 is 1.53 bits per heavy atom. The quantitative estimate of drug-likeness (QED) is 0.923. The molecule has 4 atom stereocenters. The van der Waals surface area contributed by atoms with Crippen LogP contribution in [0.4, 0.5) is 0 Å². The van der Waals surface area contributed by atoms with E-state index in [2.05, 4.69) is 5.10 Å². The summed E-state index contributed by atoms with van der Waals surface area (Å²) in [5, 5.41) is 15.6. The number of aliphatic hydroxyl groups is 1. The fourth-order valence-electron chi connectivity index (χ4n) is 3.50. The minimum atomic E-state index is -0.380. The van der Waals surface area contributed by atoms with Gasteiger partial charge < -0.3 is 9.84 Å². The lowest BCUT2D eigenvalue weighted by atomic mass is 9.83. The minimum absolute atomic E-state index is 0.248. The summed E-state index contributed by atoms with van der Waals surface area (Å²) >= 11 is 6.30. The maximum absolute atomic E-state index is 10.5. The molecule has 1 aromatic rings. The maximum Gasteiger partial charge on any atom is 0.0848 e. The molecule has 1 N–H and O–H groups in total. The molecule has 0 amide bonds. The van der Waals surface area contributed by atoms with Crippen LogP contribution in [0.1, 0.15) is 37.6 Å². The summed E-state index contributed by atoms with van der Waals surface area (Å²) in [6.07, 6.45) is 4.05. The van der Waals surface area contributed by atoms with Gasteiger partial charge in [0, 0.05) is 18.9 Å². The van der Waals surface area contributed by atoms with E-state index in [0.29, 0.717) is 17.5 Å². The van der Waals surface area contributed by atoms with Gasteiger partial charge in [-0.1, -0.05) is 11.6 Å². The summed E-state index contributed by atoms with van der Waals surface area (Å²) in [6, 6.07) is 0. The van der Waals surface area contributed by atoms with E-state index in [1.165, 1.54) is 0 Å². The Balaban J connectivity index is 1.74. The highest BCUT2D eigenvalue weighted by molar-refractivity contribution is 6.31. The van der Waals surface area contributed by atoms with Crippen LogP contribution >= 0.6 is 11.6 Å². The molecular weight excluding hydrogens is 264 g/mol. The first kappa shape index (κ1) is 13.4. The van der Waals surface area contributed by atoms with E-state index in [0.717, 1.165) is 37.2 Å². The number of nitrogens with zero attached hydrogens (tertiary/aromatic N) is 2. The van der Waals surface area contributed by atoms with Crippen molar-refractivity contribution in [3.05, 3.63) is 16.4 Å². The van der Waals surface area contributed by atoms with Crippen molar-refractivity contribution in [2.24, 2.45) is 5.92 Å². The van der Waals surface area contributed by atoms with Crippen molar-refractivity contribution in [3.8, 4) is 0 Å². The van der Waals surface area contributed by atoms with Crippen LogP contribution in [-0.4, -0.2) is 33.2 Å². The molecule has 4 unspecified atom stereocenters. The molecule has 0 spiro atoms. The monoisotopic (exact) mass is 284 g/mol. The zero-order valence-corrected chi connectivity index (χ0v) is 12.2.